The fourth-order valence-electron chi connectivity index (χ4n) is 1.57. The van der Waals surface area contributed by atoms with Crippen molar-refractivity contribution in [2.75, 3.05) is 0 Å². The van der Waals surface area contributed by atoms with Crippen LogP contribution in [0.25, 0.3) is 0 Å². The summed E-state index contributed by atoms with van der Waals surface area (Å²) in [4.78, 5) is 11.0. The van der Waals surface area contributed by atoms with Gasteiger partial charge in [0.2, 0.25) is 5.91 Å². The number of primary amides is 1. The Balaban J connectivity index is 0.00000225. The number of hydrogen-bond acceptors (Lipinski definition) is 3. The van der Waals surface area contributed by atoms with Crippen LogP contribution in [0.1, 0.15) is 42.2 Å². The monoisotopic (exact) mass is 223 g/mol. The molecule has 4 nitrogen and oxygen atoms in total. The van der Waals surface area contributed by atoms with E-state index in [0.29, 0.717) is 11.5 Å². The summed E-state index contributed by atoms with van der Waals surface area (Å²) >= 11 is 0. The highest BCUT2D eigenvalue weighted by Crippen LogP contribution is 2.19. The van der Waals surface area contributed by atoms with E-state index in [9.17, 15) is 4.79 Å². The third-order valence-electron chi connectivity index (χ3n) is 2.32. The van der Waals surface area contributed by atoms with Crippen LogP contribution in [0.4, 0.5) is 0 Å². The summed E-state index contributed by atoms with van der Waals surface area (Å²) in [5, 5.41) is 0. The molecule has 0 saturated heterocycles. The van der Waals surface area contributed by atoms with Crippen molar-refractivity contribution in [3.63, 3.8) is 0 Å². The fraction of sp³-hybridized carbons (Fsp3) is 0.417. The molecule has 0 fully saturated rings. The van der Waals surface area contributed by atoms with Gasteiger partial charge in [-0.3, -0.25) is 4.79 Å². The highest BCUT2D eigenvalue weighted by atomic mass is 16.1. The van der Waals surface area contributed by atoms with Crippen LogP contribution in [0.15, 0.2) is 24.3 Å². The lowest BCUT2D eigenvalue weighted by Gasteiger charge is -2.14. The molecule has 0 spiro atoms. The molecule has 0 aliphatic heterocycles. The molecule has 1 amide bonds. The Bertz CT molecular complexity index is 350. The second-order valence-electron chi connectivity index (χ2n) is 4.23. The second kappa shape index (κ2) is 6.25. The normalized spacial score (nSPS) is 12.0. The fourth-order valence-corrected chi connectivity index (χ4v) is 1.57. The number of benzene rings is 1. The van der Waals surface area contributed by atoms with E-state index in [1.165, 1.54) is 0 Å². The first-order valence-corrected chi connectivity index (χ1v) is 5.16. The van der Waals surface area contributed by atoms with Crippen molar-refractivity contribution < 1.29 is 4.79 Å². The lowest BCUT2D eigenvalue weighted by molar-refractivity contribution is 0.1000. The zero-order chi connectivity index (χ0) is 11.4. The minimum absolute atomic E-state index is 0. The molecule has 1 aromatic rings. The molecule has 0 saturated carbocycles. The molecule has 0 heterocycles. The van der Waals surface area contributed by atoms with E-state index in [0.717, 1.165) is 12.0 Å². The topological polar surface area (TPSA) is 104 Å². The lowest BCUT2D eigenvalue weighted by Crippen LogP contribution is -2.15. The molecular weight excluding hydrogens is 202 g/mol. The van der Waals surface area contributed by atoms with E-state index < -0.39 is 5.91 Å². The third kappa shape index (κ3) is 4.00. The van der Waals surface area contributed by atoms with Gasteiger partial charge in [-0.15, -0.1) is 0 Å². The van der Waals surface area contributed by atoms with Crippen molar-refractivity contribution in [3.05, 3.63) is 35.4 Å². The molecule has 16 heavy (non-hydrogen) atoms. The van der Waals surface area contributed by atoms with E-state index in [-0.39, 0.29) is 12.2 Å². The molecule has 90 valence electrons. The maximum absolute atomic E-state index is 11.0. The number of carbonyl (C=O) groups excluding carboxylic acids is 1. The van der Waals surface area contributed by atoms with Crippen LogP contribution in [-0.4, -0.2) is 5.91 Å². The molecule has 0 aromatic heterocycles. The molecule has 0 radical (unpaired) electrons. The largest absolute Gasteiger partial charge is 0.366 e. The van der Waals surface area contributed by atoms with Crippen LogP contribution < -0.4 is 17.6 Å². The molecule has 4 heteroatoms. The molecule has 1 atom stereocenters. The minimum atomic E-state index is -0.409. The highest BCUT2D eigenvalue weighted by molar-refractivity contribution is 5.92. The Kier molecular flexibility index (Phi) is 5.71. The van der Waals surface area contributed by atoms with Gasteiger partial charge in [0, 0.05) is 11.6 Å². The quantitative estimate of drug-likeness (QED) is 0.727. The SMILES string of the molecule is CC(C)CC(N)c1cccc(C(N)=O)c1.N. The first kappa shape index (κ1) is 14.6. The average Bonchev–Trinajstić information content (AvgIpc) is 2.17. The smallest absolute Gasteiger partial charge is 0.248 e. The molecule has 0 aliphatic carbocycles. The number of amides is 1. The maximum atomic E-state index is 11.0. The first-order chi connectivity index (χ1) is 7.00. The van der Waals surface area contributed by atoms with Gasteiger partial charge in [-0.05, 0) is 30.0 Å². The van der Waals surface area contributed by atoms with Crippen LogP contribution in [0.2, 0.25) is 0 Å². The van der Waals surface area contributed by atoms with Crippen molar-refractivity contribution in [1.29, 1.82) is 0 Å². The summed E-state index contributed by atoms with van der Waals surface area (Å²) < 4.78 is 0. The lowest BCUT2D eigenvalue weighted by atomic mass is 9.96. The van der Waals surface area contributed by atoms with Crippen LogP contribution in [0.3, 0.4) is 0 Å². The molecule has 1 aromatic carbocycles. The molecule has 0 aliphatic rings. The van der Waals surface area contributed by atoms with Crippen molar-refractivity contribution in [1.82, 2.24) is 6.15 Å². The molecule has 1 unspecified atom stereocenters. The zero-order valence-corrected chi connectivity index (χ0v) is 9.94. The second-order valence-corrected chi connectivity index (χ2v) is 4.23. The Morgan fingerprint density at radius 2 is 2.00 bits per heavy atom. The van der Waals surface area contributed by atoms with Crippen LogP contribution in [0.5, 0.6) is 0 Å². The van der Waals surface area contributed by atoms with Gasteiger partial charge in [0.25, 0.3) is 0 Å². The molecule has 0 bridgehead atoms. The summed E-state index contributed by atoms with van der Waals surface area (Å²) in [6.45, 7) is 4.25. The number of nitrogens with two attached hydrogens (primary N) is 2. The van der Waals surface area contributed by atoms with Gasteiger partial charge in [-0.25, -0.2) is 0 Å². The molecule has 1 rings (SSSR count). The summed E-state index contributed by atoms with van der Waals surface area (Å²) in [6.07, 6.45) is 0.905. The van der Waals surface area contributed by atoms with Gasteiger partial charge in [0.15, 0.2) is 0 Å². The Morgan fingerprint density at radius 1 is 1.38 bits per heavy atom. The van der Waals surface area contributed by atoms with Gasteiger partial charge in [0.05, 0.1) is 0 Å². The van der Waals surface area contributed by atoms with Gasteiger partial charge >= 0.3 is 0 Å². The standard InChI is InChI=1S/C12H18N2O.H3N/c1-8(2)6-11(13)9-4-3-5-10(7-9)12(14)15;/h3-5,7-8,11H,6,13H2,1-2H3,(H2,14,15);1H3. The number of rotatable bonds is 4. The molecule has 7 N–H and O–H groups in total. The van der Waals surface area contributed by atoms with Crippen molar-refractivity contribution in [3.8, 4) is 0 Å². The van der Waals surface area contributed by atoms with Crippen LogP contribution >= 0.6 is 0 Å². The van der Waals surface area contributed by atoms with Crippen LogP contribution in [-0.2, 0) is 0 Å². The van der Waals surface area contributed by atoms with Gasteiger partial charge in [-0.1, -0.05) is 26.0 Å². The van der Waals surface area contributed by atoms with Crippen LogP contribution in [0, 0.1) is 5.92 Å². The summed E-state index contributed by atoms with van der Waals surface area (Å²) in [6, 6.07) is 7.20. The van der Waals surface area contributed by atoms with Crippen molar-refractivity contribution in [2.24, 2.45) is 17.4 Å². The predicted octanol–water partition coefficient (Wildman–Crippen LogP) is 1.99. The number of hydrogen-bond donors (Lipinski definition) is 3. The average molecular weight is 223 g/mol. The van der Waals surface area contributed by atoms with Gasteiger partial charge in [-0.2, -0.15) is 0 Å². The van der Waals surface area contributed by atoms with Crippen molar-refractivity contribution in [2.45, 2.75) is 26.3 Å². The van der Waals surface area contributed by atoms with E-state index in [2.05, 4.69) is 13.8 Å². The van der Waals surface area contributed by atoms with E-state index >= 15 is 0 Å². The third-order valence-corrected chi connectivity index (χ3v) is 2.32. The molecular formula is C12H21N3O. The predicted molar refractivity (Wildman–Crippen MR) is 66.4 cm³/mol. The first-order valence-electron chi connectivity index (χ1n) is 5.16. The Labute approximate surface area is 96.6 Å². The van der Waals surface area contributed by atoms with E-state index in [1.54, 1.807) is 12.1 Å². The Hall–Kier alpha value is -1.39. The minimum Gasteiger partial charge on any atom is -0.366 e. The maximum Gasteiger partial charge on any atom is 0.248 e. The van der Waals surface area contributed by atoms with Gasteiger partial charge < -0.3 is 17.6 Å². The summed E-state index contributed by atoms with van der Waals surface area (Å²) in [7, 11) is 0. The summed E-state index contributed by atoms with van der Waals surface area (Å²) in [5.74, 6) is 0.130. The van der Waals surface area contributed by atoms with Crippen molar-refractivity contribution >= 4 is 5.91 Å². The van der Waals surface area contributed by atoms with E-state index in [1.807, 2.05) is 12.1 Å². The number of carbonyl (C=O) groups is 1. The summed E-state index contributed by atoms with van der Waals surface area (Å²) in [5.41, 5.74) is 12.7. The van der Waals surface area contributed by atoms with Gasteiger partial charge in [0.1, 0.15) is 0 Å². The highest BCUT2D eigenvalue weighted by Gasteiger charge is 2.09. The zero-order valence-electron chi connectivity index (χ0n) is 9.94. The Morgan fingerprint density at radius 3 is 2.50 bits per heavy atom. The van der Waals surface area contributed by atoms with E-state index in [4.69, 9.17) is 11.5 Å².